The number of hydrogen-bond donors (Lipinski definition) is 1. The number of rotatable bonds is 5. The highest BCUT2D eigenvalue weighted by molar-refractivity contribution is 5.51. The highest BCUT2D eigenvalue weighted by Crippen LogP contribution is 2.00. The first kappa shape index (κ1) is 9.86. The molecule has 1 N–H and O–H groups in total. The number of carbonyl (C=O) groups is 1. The number of nitrogens with one attached hydrogen (secondary N) is 1. The van der Waals surface area contributed by atoms with Gasteiger partial charge in [0.1, 0.15) is 6.29 Å². The molecule has 1 heterocycles. The topological polar surface area (TPSA) is 42.0 Å². The largest absolute Gasteiger partial charge is 0.310 e. The number of aromatic nitrogens is 1. The molecule has 0 fully saturated rings. The second kappa shape index (κ2) is 5.43. The fraction of sp³-hybridized carbons (Fsp3) is 0.300. The molecule has 0 bridgehead atoms. The van der Waals surface area contributed by atoms with Crippen LogP contribution in [0.1, 0.15) is 11.3 Å². The van der Waals surface area contributed by atoms with Crippen LogP contribution >= 0.6 is 0 Å². The van der Waals surface area contributed by atoms with Gasteiger partial charge >= 0.3 is 0 Å². The molecule has 3 nitrogen and oxygen atoms in total. The molecule has 0 saturated carbocycles. The van der Waals surface area contributed by atoms with Gasteiger partial charge in [0.05, 0.1) is 6.54 Å². The molecule has 2 radical (unpaired) electrons. The summed E-state index contributed by atoms with van der Waals surface area (Å²) in [7, 11) is 0. The summed E-state index contributed by atoms with van der Waals surface area (Å²) in [5.41, 5.74) is 1.67. The first-order chi connectivity index (χ1) is 6.33. The normalized spacial score (nSPS) is 9.92. The SMILES string of the molecule is [CH]c1cc(CCNCC=O)ccn1. The van der Waals surface area contributed by atoms with E-state index in [9.17, 15) is 4.79 Å². The Morgan fingerprint density at radius 1 is 1.62 bits per heavy atom. The number of carbonyl (C=O) groups excluding carboxylic acids is 1. The Morgan fingerprint density at radius 3 is 3.15 bits per heavy atom. The van der Waals surface area contributed by atoms with E-state index in [1.54, 1.807) is 6.20 Å². The molecule has 0 aromatic carbocycles. The highest BCUT2D eigenvalue weighted by Gasteiger charge is 1.93. The molecule has 3 heteroatoms. The first-order valence-corrected chi connectivity index (χ1v) is 4.17. The van der Waals surface area contributed by atoms with Crippen molar-refractivity contribution in [2.45, 2.75) is 6.42 Å². The smallest absolute Gasteiger partial charge is 0.133 e. The van der Waals surface area contributed by atoms with Crippen LogP contribution < -0.4 is 5.32 Å². The molecular formula is C10H12N2O. The van der Waals surface area contributed by atoms with E-state index in [4.69, 9.17) is 6.92 Å². The zero-order chi connectivity index (χ0) is 9.52. The minimum Gasteiger partial charge on any atom is -0.310 e. The molecule has 0 atom stereocenters. The predicted octanol–water partition coefficient (Wildman–Crippen LogP) is 0.472. The Morgan fingerprint density at radius 2 is 2.46 bits per heavy atom. The Bertz CT molecular complexity index is 273. The lowest BCUT2D eigenvalue weighted by molar-refractivity contribution is -0.107. The molecular weight excluding hydrogens is 164 g/mol. The van der Waals surface area contributed by atoms with Crippen LogP contribution in [-0.2, 0) is 11.2 Å². The summed E-state index contributed by atoms with van der Waals surface area (Å²) in [5.74, 6) is 0. The monoisotopic (exact) mass is 176 g/mol. The maximum atomic E-state index is 9.98. The molecule has 0 amide bonds. The van der Waals surface area contributed by atoms with Crippen molar-refractivity contribution in [2.24, 2.45) is 0 Å². The molecule has 0 unspecified atom stereocenters. The standard InChI is InChI=1S/C10H12N2O/c1-9-8-10(3-5-12-9)2-4-11-6-7-13/h1,3,5,7-8,11H,2,4,6H2. The van der Waals surface area contributed by atoms with Gasteiger partial charge in [0.2, 0.25) is 0 Å². The summed E-state index contributed by atoms with van der Waals surface area (Å²) in [6.45, 7) is 6.68. The number of hydrogen-bond acceptors (Lipinski definition) is 3. The van der Waals surface area contributed by atoms with Crippen LogP contribution in [0.15, 0.2) is 18.3 Å². The van der Waals surface area contributed by atoms with Gasteiger partial charge in [0.15, 0.2) is 0 Å². The van der Waals surface area contributed by atoms with Crippen LogP contribution in [0, 0.1) is 6.92 Å². The molecule has 0 aliphatic heterocycles. The fourth-order valence-corrected chi connectivity index (χ4v) is 1.04. The van der Waals surface area contributed by atoms with Gasteiger partial charge in [-0.1, -0.05) is 0 Å². The lowest BCUT2D eigenvalue weighted by atomic mass is 10.2. The van der Waals surface area contributed by atoms with Gasteiger partial charge in [-0.05, 0) is 30.7 Å². The molecule has 0 aliphatic rings. The lowest BCUT2D eigenvalue weighted by Gasteiger charge is -2.01. The van der Waals surface area contributed by atoms with Gasteiger partial charge < -0.3 is 10.1 Å². The van der Waals surface area contributed by atoms with Crippen LogP contribution in [0.2, 0.25) is 0 Å². The maximum absolute atomic E-state index is 9.98. The Labute approximate surface area is 78.2 Å². The van der Waals surface area contributed by atoms with Crippen LogP contribution in [0.4, 0.5) is 0 Å². The van der Waals surface area contributed by atoms with Gasteiger partial charge in [-0.25, -0.2) is 0 Å². The summed E-state index contributed by atoms with van der Waals surface area (Å²) in [6.07, 6.45) is 3.39. The quantitative estimate of drug-likeness (QED) is 0.524. The third-order valence-corrected chi connectivity index (χ3v) is 1.66. The number of nitrogens with zero attached hydrogens (tertiary/aromatic N) is 1. The minimum absolute atomic E-state index is 0.403. The lowest BCUT2D eigenvalue weighted by Crippen LogP contribution is -2.19. The highest BCUT2D eigenvalue weighted by atomic mass is 16.1. The van der Waals surface area contributed by atoms with Crippen LogP contribution in [-0.4, -0.2) is 24.4 Å². The average Bonchev–Trinajstić information content (AvgIpc) is 2.13. The van der Waals surface area contributed by atoms with Crippen molar-refractivity contribution in [1.82, 2.24) is 10.3 Å². The second-order valence-corrected chi connectivity index (χ2v) is 2.71. The zero-order valence-corrected chi connectivity index (χ0v) is 7.36. The van der Waals surface area contributed by atoms with Crippen molar-refractivity contribution in [2.75, 3.05) is 13.1 Å². The maximum Gasteiger partial charge on any atom is 0.133 e. The van der Waals surface area contributed by atoms with Gasteiger partial charge in [-0.3, -0.25) is 4.98 Å². The molecule has 13 heavy (non-hydrogen) atoms. The number of pyridine rings is 1. The molecule has 1 aromatic heterocycles. The Hall–Kier alpha value is -1.22. The van der Waals surface area contributed by atoms with Gasteiger partial charge in [0.25, 0.3) is 0 Å². The summed E-state index contributed by atoms with van der Waals surface area (Å²) >= 11 is 0. The van der Waals surface area contributed by atoms with E-state index in [0.717, 1.165) is 24.8 Å². The van der Waals surface area contributed by atoms with Gasteiger partial charge in [-0.2, -0.15) is 0 Å². The fourth-order valence-electron chi connectivity index (χ4n) is 1.04. The minimum atomic E-state index is 0.403. The third-order valence-electron chi connectivity index (χ3n) is 1.66. The van der Waals surface area contributed by atoms with Crippen molar-refractivity contribution in [3.05, 3.63) is 36.5 Å². The van der Waals surface area contributed by atoms with E-state index in [-0.39, 0.29) is 0 Å². The molecule has 68 valence electrons. The van der Waals surface area contributed by atoms with E-state index < -0.39 is 0 Å². The van der Waals surface area contributed by atoms with Gasteiger partial charge in [0, 0.05) is 18.8 Å². The molecule has 0 spiro atoms. The van der Waals surface area contributed by atoms with E-state index in [1.807, 2.05) is 12.1 Å². The van der Waals surface area contributed by atoms with Gasteiger partial charge in [-0.15, -0.1) is 0 Å². The Balaban J connectivity index is 2.32. The molecule has 0 aliphatic carbocycles. The summed E-state index contributed by atoms with van der Waals surface area (Å²) < 4.78 is 0. The Kier molecular flexibility index (Phi) is 4.12. The third kappa shape index (κ3) is 3.80. The first-order valence-electron chi connectivity index (χ1n) is 4.17. The predicted molar refractivity (Wildman–Crippen MR) is 50.3 cm³/mol. The van der Waals surface area contributed by atoms with Crippen LogP contribution in [0.3, 0.4) is 0 Å². The summed E-state index contributed by atoms with van der Waals surface area (Å²) in [6, 6.07) is 3.75. The zero-order valence-electron chi connectivity index (χ0n) is 7.36. The van der Waals surface area contributed by atoms with Crippen LogP contribution in [0.5, 0.6) is 0 Å². The second-order valence-electron chi connectivity index (χ2n) is 2.71. The average molecular weight is 176 g/mol. The molecule has 0 saturated heterocycles. The number of aldehydes is 1. The van der Waals surface area contributed by atoms with Crippen LogP contribution in [0.25, 0.3) is 0 Å². The van der Waals surface area contributed by atoms with Crippen molar-refractivity contribution >= 4 is 6.29 Å². The van der Waals surface area contributed by atoms with Crippen molar-refractivity contribution in [3.8, 4) is 0 Å². The van der Waals surface area contributed by atoms with E-state index in [1.165, 1.54) is 0 Å². The van der Waals surface area contributed by atoms with Crippen molar-refractivity contribution in [3.63, 3.8) is 0 Å². The summed E-state index contributed by atoms with van der Waals surface area (Å²) in [5, 5.41) is 2.97. The van der Waals surface area contributed by atoms with Crippen molar-refractivity contribution in [1.29, 1.82) is 0 Å². The van der Waals surface area contributed by atoms with E-state index in [2.05, 4.69) is 10.3 Å². The van der Waals surface area contributed by atoms with E-state index in [0.29, 0.717) is 12.2 Å². The molecule has 1 rings (SSSR count). The molecule has 1 aromatic rings. The van der Waals surface area contributed by atoms with Crippen molar-refractivity contribution < 1.29 is 4.79 Å². The summed E-state index contributed by atoms with van der Waals surface area (Å²) in [4.78, 5) is 13.9. The van der Waals surface area contributed by atoms with E-state index >= 15 is 0 Å².